The molecule has 0 aromatic heterocycles. The van der Waals surface area contributed by atoms with E-state index >= 15 is 0 Å². The van der Waals surface area contributed by atoms with E-state index in [2.05, 4.69) is 18.9 Å². The molecule has 5 atom stereocenters. The van der Waals surface area contributed by atoms with E-state index < -0.39 is 11.7 Å². The summed E-state index contributed by atoms with van der Waals surface area (Å²) in [7, 11) is 3.92. The minimum atomic E-state index is -4.44. The molecule has 37 heavy (non-hydrogen) atoms. The van der Waals surface area contributed by atoms with Crippen molar-refractivity contribution in [3.63, 3.8) is 0 Å². The summed E-state index contributed by atoms with van der Waals surface area (Å²) in [4.78, 5) is 17.4. The number of hydrogen-bond donors (Lipinski definition) is 1. The van der Waals surface area contributed by atoms with Crippen LogP contribution in [0.4, 0.5) is 13.2 Å². The molecule has 2 aromatic rings. The van der Waals surface area contributed by atoms with Crippen LogP contribution in [0.3, 0.4) is 0 Å². The molecule has 2 aliphatic carbocycles. The van der Waals surface area contributed by atoms with Gasteiger partial charge >= 0.3 is 6.18 Å². The number of phenols is 1. The molecule has 2 aromatic carbocycles. The largest absolute Gasteiger partial charge is 0.504 e. The van der Waals surface area contributed by atoms with Gasteiger partial charge in [-0.1, -0.05) is 25.1 Å². The summed E-state index contributed by atoms with van der Waals surface area (Å²) in [6.07, 6.45) is 1.47. The first-order valence-corrected chi connectivity index (χ1v) is 12.8. The van der Waals surface area contributed by atoms with Crippen molar-refractivity contribution in [2.45, 2.75) is 62.4 Å². The summed E-state index contributed by atoms with van der Waals surface area (Å²) in [5.41, 5.74) is 1.52. The third-order valence-electron chi connectivity index (χ3n) is 9.74. The topological polar surface area (TPSA) is 53.0 Å². The van der Waals surface area contributed by atoms with E-state index in [1.165, 1.54) is 23.8 Å². The van der Waals surface area contributed by atoms with Crippen LogP contribution in [0, 0.1) is 5.41 Å². The molecule has 1 saturated heterocycles. The van der Waals surface area contributed by atoms with Gasteiger partial charge in [0.05, 0.1) is 11.6 Å². The predicted molar refractivity (Wildman–Crippen MR) is 133 cm³/mol. The number of amides is 1. The molecular weight excluding hydrogens is 481 g/mol. The zero-order valence-corrected chi connectivity index (χ0v) is 21.2. The Morgan fingerprint density at radius 1 is 1.24 bits per heavy atom. The number of ether oxygens (including phenoxy) is 1. The van der Waals surface area contributed by atoms with Crippen LogP contribution >= 0.6 is 0 Å². The second-order valence-corrected chi connectivity index (χ2v) is 11.3. The lowest BCUT2D eigenvalue weighted by Gasteiger charge is -2.65. The number of carbonyl (C=O) groups is 1. The lowest BCUT2D eigenvalue weighted by molar-refractivity contribution is -0.148. The van der Waals surface area contributed by atoms with Gasteiger partial charge in [0.2, 0.25) is 5.91 Å². The Labute approximate surface area is 214 Å². The number of halogens is 3. The minimum absolute atomic E-state index is 0.0645. The lowest BCUT2D eigenvalue weighted by Crippen LogP contribution is -2.73. The molecule has 2 heterocycles. The van der Waals surface area contributed by atoms with E-state index in [1.807, 2.05) is 6.07 Å². The van der Waals surface area contributed by atoms with Crippen molar-refractivity contribution in [1.82, 2.24) is 9.80 Å². The summed E-state index contributed by atoms with van der Waals surface area (Å²) >= 11 is 0. The number of likely N-dealkylation sites (tertiary alicyclic amines) is 1. The number of hydrogen-bond acceptors (Lipinski definition) is 4. The van der Waals surface area contributed by atoms with E-state index in [-0.39, 0.29) is 34.6 Å². The maximum absolute atomic E-state index is 13.3. The van der Waals surface area contributed by atoms with Crippen LogP contribution in [0.25, 0.3) is 6.08 Å². The van der Waals surface area contributed by atoms with Crippen LogP contribution in [0.2, 0.25) is 0 Å². The van der Waals surface area contributed by atoms with E-state index in [9.17, 15) is 23.1 Å². The summed E-state index contributed by atoms with van der Waals surface area (Å²) in [5, 5.41) is 10.8. The minimum Gasteiger partial charge on any atom is -0.504 e. The highest BCUT2D eigenvalue weighted by Gasteiger charge is 2.71. The van der Waals surface area contributed by atoms with Crippen LogP contribution in [0.1, 0.15) is 48.4 Å². The number of alkyl halides is 3. The fourth-order valence-corrected chi connectivity index (χ4v) is 7.87. The van der Waals surface area contributed by atoms with Gasteiger partial charge in [0, 0.05) is 30.1 Å². The number of phenolic OH excluding ortho intramolecular Hbond substituents is 1. The second-order valence-electron chi connectivity index (χ2n) is 11.3. The van der Waals surface area contributed by atoms with Crippen LogP contribution in [0.5, 0.6) is 11.5 Å². The molecule has 2 bridgehead atoms. The molecule has 4 aliphatic rings. The van der Waals surface area contributed by atoms with Gasteiger partial charge in [0.1, 0.15) is 6.10 Å². The highest BCUT2D eigenvalue weighted by Crippen LogP contribution is 2.69. The molecule has 2 fully saturated rings. The standard InChI is InChI=1S/C29H31F3N2O3/c1-27-12-11-20(34(3)23(36)10-7-17-5-4-6-19(15-17)29(30,31)32)26-28(27)13-14-33(2)22(27)16-18-8-9-21(35)25(37-26)24(18)28/h4-10,15,20,22,26,35H,11-14,16H2,1-3H3/b10-7+/t20?,22-,26?,27+,28+/m1/s1. The third kappa shape index (κ3) is 3.30. The molecule has 1 saturated carbocycles. The van der Waals surface area contributed by atoms with Gasteiger partial charge in [0.25, 0.3) is 0 Å². The highest BCUT2D eigenvalue weighted by atomic mass is 19.4. The van der Waals surface area contributed by atoms with Crippen molar-refractivity contribution in [2.75, 3.05) is 20.6 Å². The quantitative estimate of drug-likeness (QED) is 0.588. The summed E-state index contributed by atoms with van der Waals surface area (Å²) in [5.74, 6) is 0.412. The fraction of sp³-hybridized carbons (Fsp3) is 0.483. The SMILES string of the molecule is CN(C(=O)/C=C/c1cccc(C(F)(F)F)c1)C1CC[C@@]2(C)[C@H]3Cc4ccc(O)c5c4[C@@]2(CCN3C)C1O5. The highest BCUT2D eigenvalue weighted by molar-refractivity contribution is 5.92. The van der Waals surface area contributed by atoms with Gasteiger partial charge < -0.3 is 19.6 Å². The first-order chi connectivity index (χ1) is 17.5. The Kier molecular flexibility index (Phi) is 5.26. The van der Waals surface area contributed by atoms with E-state index in [0.717, 1.165) is 49.9 Å². The molecule has 2 unspecified atom stereocenters. The van der Waals surface area contributed by atoms with Crippen LogP contribution < -0.4 is 4.74 Å². The zero-order chi connectivity index (χ0) is 26.3. The summed E-state index contributed by atoms with van der Waals surface area (Å²) in [6, 6.07) is 8.78. The number of carbonyl (C=O) groups excluding carboxylic acids is 1. The first kappa shape index (κ1) is 24.3. The molecule has 196 valence electrons. The molecule has 6 rings (SSSR count). The summed E-state index contributed by atoms with van der Waals surface area (Å²) in [6.45, 7) is 3.26. The molecule has 8 heteroatoms. The molecule has 1 amide bonds. The van der Waals surface area contributed by atoms with Crippen molar-refractivity contribution in [3.8, 4) is 11.5 Å². The number of piperidine rings is 1. The van der Waals surface area contributed by atoms with Gasteiger partial charge in [-0.15, -0.1) is 0 Å². The second kappa shape index (κ2) is 8.00. The number of benzene rings is 2. The van der Waals surface area contributed by atoms with Crippen molar-refractivity contribution in [3.05, 3.63) is 64.7 Å². The average molecular weight is 513 g/mol. The normalized spacial score (nSPS) is 32.2. The Hall–Kier alpha value is -3.00. The smallest absolute Gasteiger partial charge is 0.416 e. The van der Waals surface area contributed by atoms with Gasteiger partial charge in [0.15, 0.2) is 11.5 Å². The Balaban J connectivity index is 1.33. The van der Waals surface area contributed by atoms with Crippen LogP contribution in [0.15, 0.2) is 42.5 Å². The van der Waals surface area contributed by atoms with E-state index in [0.29, 0.717) is 17.4 Å². The van der Waals surface area contributed by atoms with Crippen molar-refractivity contribution in [2.24, 2.45) is 5.41 Å². The van der Waals surface area contributed by atoms with Gasteiger partial charge in [-0.25, -0.2) is 0 Å². The summed E-state index contributed by atoms with van der Waals surface area (Å²) < 4.78 is 45.9. The monoisotopic (exact) mass is 512 g/mol. The lowest BCUT2D eigenvalue weighted by atomic mass is 9.43. The van der Waals surface area contributed by atoms with Gasteiger partial charge in [-0.2, -0.15) is 13.2 Å². The maximum Gasteiger partial charge on any atom is 0.416 e. The van der Waals surface area contributed by atoms with Crippen LogP contribution in [-0.4, -0.2) is 59.6 Å². The molecule has 1 N–H and O–H groups in total. The zero-order valence-electron chi connectivity index (χ0n) is 21.2. The fourth-order valence-electron chi connectivity index (χ4n) is 7.87. The number of aromatic hydroxyl groups is 1. The van der Waals surface area contributed by atoms with Crippen LogP contribution in [-0.2, 0) is 22.8 Å². The van der Waals surface area contributed by atoms with E-state index in [4.69, 9.17) is 4.74 Å². The van der Waals surface area contributed by atoms with Crippen molar-refractivity contribution >= 4 is 12.0 Å². The van der Waals surface area contributed by atoms with Gasteiger partial charge in [-0.3, -0.25) is 4.79 Å². The molecule has 5 nitrogen and oxygen atoms in total. The Bertz CT molecular complexity index is 1310. The Morgan fingerprint density at radius 2 is 2.03 bits per heavy atom. The molecule has 1 spiro atoms. The predicted octanol–water partition coefficient (Wildman–Crippen LogP) is 5.01. The molecular formula is C29H31F3N2O3. The molecule has 2 aliphatic heterocycles. The van der Waals surface area contributed by atoms with Crippen molar-refractivity contribution in [1.29, 1.82) is 0 Å². The number of likely N-dealkylation sites (N-methyl/N-ethyl adjacent to an activating group) is 2. The van der Waals surface area contributed by atoms with Gasteiger partial charge in [-0.05, 0) is 80.1 Å². The third-order valence-corrected chi connectivity index (χ3v) is 9.74. The Morgan fingerprint density at radius 3 is 2.78 bits per heavy atom. The molecule has 0 radical (unpaired) electrons. The average Bonchev–Trinajstić information content (AvgIpc) is 3.21. The number of rotatable bonds is 3. The first-order valence-electron chi connectivity index (χ1n) is 12.8. The van der Waals surface area contributed by atoms with Crippen molar-refractivity contribution < 1.29 is 27.8 Å². The van der Waals surface area contributed by atoms with E-state index in [1.54, 1.807) is 24.1 Å². The number of nitrogens with zero attached hydrogens (tertiary/aromatic N) is 2. The maximum atomic E-state index is 13.3.